The maximum atomic E-state index is 6.03. The topological polar surface area (TPSA) is 63.8 Å². The molecule has 0 aliphatic carbocycles. The number of benzene rings is 1. The fourth-order valence-electron chi connectivity index (χ4n) is 1.19. The normalized spacial score (nSPS) is 10.3. The van der Waals surface area contributed by atoms with Crippen molar-refractivity contribution in [3.8, 4) is 0 Å². The summed E-state index contributed by atoms with van der Waals surface area (Å²) in [6.45, 7) is 0. The first kappa shape index (κ1) is 12.4. The highest BCUT2D eigenvalue weighted by Gasteiger charge is 2.06. The molecule has 17 heavy (non-hydrogen) atoms. The van der Waals surface area contributed by atoms with E-state index in [-0.39, 0.29) is 5.95 Å². The second-order valence-corrected chi connectivity index (χ2v) is 4.87. The number of nitrogens with zero attached hydrogens (tertiary/aromatic N) is 2. The van der Waals surface area contributed by atoms with Gasteiger partial charge in [-0.3, -0.25) is 0 Å². The molecule has 0 fully saturated rings. The molecule has 1 aromatic heterocycles. The SMILES string of the molecule is Nc1ncc(Br)c(Nc2ccc(Cl)cc2Cl)n1. The summed E-state index contributed by atoms with van der Waals surface area (Å²) in [5, 5.41) is 4.11. The minimum atomic E-state index is 0.181. The molecule has 0 spiro atoms. The summed E-state index contributed by atoms with van der Waals surface area (Å²) >= 11 is 15.2. The van der Waals surface area contributed by atoms with Gasteiger partial charge in [-0.1, -0.05) is 23.2 Å². The highest BCUT2D eigenvalue weighted by atomic mass is 79.9. The molecule has 0 amide bonds. The largest absolute Gasteiger partial charge is 0.368 e. The van der Waals surface area contributed by atoms with Gasteiger partial charge in [0.05, 0.1) is 15.2 Å². The molecule has 88 valence electrons. The first-order valence-corrected chi connectivity index (χ1v) is 6.11. The number of aromatic nitrogens is 2. The van der Waals surface area contributed by atoms with Gasteiger partial charge >= 0.3 is 0 Å². The van der Waals surface area contributed by atoms with Crippen molar-refractivity contribution in [3.05, 3.63) is 38.9 Å². The van der Waals surface area contributed by atoms with Gasteiger partial charge in [-0.05, 0) is 34.1 Å². The molecule has 7 heteroatoms. The Kier molecular flexibility index (Phi) is 3.71. The van der Waals surface area contributed by atoms with E-state index in [1.807, 2.05) is 0 Å². The van der Waals surface area contributed by atoms with Gasteiger partial charge in [0, 0.05) is 11.2 Å². The summed E-state index contributed by atoms with van der Waals surface area (Å²) in [4.78, 5) is 7.89. The van der Waals surface area contributed by atoms with Crippen LogP contribution in [0.1, 0.15) is 0 Å². The number of nitrogens with two attached hydrogens (primary N) is 1. The standard InChI is InChI=1S/C10H7BrCl2N4/c11-6-4-15-10(14)17-9(6)16-8-2-1-5(12)3-7(8)13/h1-4H,(H3,14,15,16,17). The second-order valence-electron chi connectivity index (χ2n) is 3.17. The quantitative estimate of drug-likeness (QED) is 0.875. The van der Waals surface area contributed by atoms with Gasteiger partial charge in [0.1, 0.15) is 5.82 Å². The van der Waals surface area contributed by atoms with Crippen molar-refractivity contribution >= 4 is 56.6 Å². The van der Waals surface area contributed by atoms with Crippen molar-refractivity contribution in [1.29, 1.82) is 0 Å². The number of anilines is 3. The van der Waals surface area contributed by atoms with Crippen LogP contribution in [0.2, 0.25) is 10.0 Å². The van der Waals surface area contributed by atoms with Gasteiger partial charge in [-0.15, -0.1) is 0 Å². The van der Waals surface area contributed by atoms with Crippen LogP contribution in [-0.2, 0) is 0 Å². The summed E-state index contributed by atoms with van der Waals surface area (Å²) in [7, 11) is 0. The lowest BCUT2D eigenvalue weighted by atomic mass is 10.3. The van der Waals surface area contributed by atoms with Crippen LogP contribution in [0.5, 0.6) is 0 Å². The molecule has 1 heterocycles. The third-order valence-electron chi connectivity index (χ3n) is 1.95. The Balaban J connectivity index is 2.34. The molecule has 0 radical (unpaired) electrons. The summed E-state index contributed by atoms with van der Waals surface area (Å²) in [5.41, 5.74) is 6.20. The van der Waals surface area contributed by atoms with Crippen LogP contribution in [0.4, 0.5) is 17.5 Å². The summed E-state index contributed by atoms with van der Waals surface area (Å²) in [6, 6.07) is 5.13. The van der Waals surface area contributed by atoms with Gasteiger partial charge in [0.25, 0.3) is 0 Å². The van der Waals surface area contributed by atoms with Crippen LogP contribution >= 0.6 is 39.1 Å². The summed E-state index contributed by atoms with van der Waals surface area (Å²) in [5.74, 6) is 0.725. The molecule has 1 aromatic carbocycles. The lowest BCUT2D eigenvalue weighted by Gasteiger charge is -2.09. The van der Waals surface area contributed by atoms with E-state index < -0.39 is 0 Å². The summed E-state index contributed by atoms with van der Waals surface area (Å²) < 4.78 is 0.692. The molecule has 0 bridgehead atoms. The monoisotopic (exact) mass is 332 g/mol. The molecule has 0 saturated carbocycles. The van der Waals surface area contributed by atoms with Crippen LogP contribution < -0.4 is 11.1 Å². The van der Waals surface area contributed by atoms with Crippen LogP contribution in [-0.4, -0.2) is 9.97 Å². The average molecular weight is 334 g/mol. The lowest BCUT2D eigenvalue weighted by molar-refractivity contribution is 1.17. The van der Waals surface area contributed by atoms with Crippen molar-refractivity contribution in [2.45, 2.75) is 0 Å². The average Bonchev–Trinajstić information content (AvgIpc) is 2.27. The fraction of sp³-hybridized carbons (Fsp3) is 0. The Morgan fingerprint density at radius 3 is 2.76 bits per heavy atom. The Bertz CT molecular complexity index is 562. The third-order valence-corrected chi connectivity index (χ3v) is 3.08. The number of rotatable bonds is 2. The number of hydrogen-bond acceptors (Lipinski definition) is 4. The Hall–Kier alpha value is -1.04. The Morgan fingerprint density at radius 2 is 2.06 bits per heavy atom. The summed E-state index contributed by atoms with van der Waals surface area (Å²) in [6.07, 6.45) is 1.56. The van der Waals surface area contributed by atoms with E-state index in [0.717, 1.165) is 0 Å². The van der Waals surface area contributed by atoms with Crippen molar-refractivity contribution in [1.82, 2.24) is 9.97 Å². The van der Waals surface area contributed by atoms with Gasteiger partial charge in [-0.25, -0.2) is 4.98 Å². The first-order chi connectivity index (χ1) is 8.06. The van der Waals surface area contributed by atoms with Crippen molar-refractivity contribution in [2.75, 3.05) is 11.1 Å². The molecule has 0 unspecified atom stereocenters. The van der Waals surface area contributed by atoms with Crippen LogP contribution in [0, 0.1) is 0 Å². The number of hydrogen-bond donors (Lipinski definition) is 2. The van der Waals surface area contributed by atoms with E-state index in [1.165, 1.54) is 0 Å². The maximum absolute atomic E-state index is 6.03. The predicted octanol–water partition coefficient (Wildman–Crippen LogP) is 3.87. The molecule has 0 aliphatic rings. The first-order valence-electron chi connectivity index (χ1n) is 4.56. The highest BCUT2D eigenvalue weighted by molar-refractivity contribution is 9.10. The van der Waals surface area contributed by atoms with E-state index >= 15 is 0 Å². The van der Waals surface area contributed by atoms with Crippen LogP contribution in [0.25, 0.3) is 0 Å². The molecule has 2 aromatic rings. The zero-order chi connectivity index (χ0) is 12.4. The Labute approximate surface area is 116 Å². The predicted molar refractivity (Wildman–Crippen MR) is 73.9 cm³/mol. The molecular formula is C10H7BrCl2N4. The highest BCUT2D eigenvalue weighted by Crippen LogP contribution is 2.30. The molecule has 0 saturated heterocycles. The van der Waals surface area contributed by atoms with Crippen molar-refractivity contribution < 1.29 is 0 Å². The van der Waals surface area contributed by atoms with Crippen LogP contribution in [0.15, 0.2) is 28.9 Å². The zero-order valence-electron chi connectivity index (χ0n) is 8.42. The van der Waals surface area contributed by atoms with E-state index in [1.54, 1.807) is 24.4 Å². The third kappa shape index (κ3) is 3.00. The molecule has 3 N–H and O–H groups in total. The zero-order valence-corrected chi connectivity index (χ0v) is 11.5. The maximum Gasteiger partial charge on any atom is 0.222 e. The minimum absolute atomic E-state index is 0.181. The number of halogens is 3. The van der Waals surface area contributed by atoms with Gasteiger partial charge < -0.3 is 11.1 Å². The minimum Gasteiger partial charge on any atom is -0.368 e. The smallest absolute Gasteiger partial charge is 0.222 e. The van der Waals surface area contributed by atoms with E-state index in [4.69, 9.17) is 28.9 Å². The van der Waals surface area contributed by atoms with Crippen molar-refractivity contribution in [2.24, 2.45) is 0 Å². The van der Waals surface area contributed by atoms with Crippen molar-refractivity contribution in [3.63, 3.8) is 0 Å². The molecule has 4 nitrogen and oxygen atoms in total. The van der Waals surface area contributed by atoms with E-state index in [2.05, 4.69) is 31.2 Å². The van der Waals surface area contributed by atoms with Crippen LogP contribution in [0.3, 0.4) is 0 Å². The molecule has 0 aliphatic heterocycles. The fourth-order valence-corrected chi connectivity index (χ4v) is 1.93. The molecular weight excluding hydrogens is 327 g/mol. The number of nitrogens with one attached hydrogen (secondary N) is 1. The molecule has 0 atom stereocenters. The molecule has 2 rings (SSSR count). The second kappa shape index (κ2) is 5.08. The van der Waals surface area contributed by atoms with E-state index in [0.29, 0.717) is 26.0 Å². The lowest BCUT2D eigenvalue weighted by Crippen LogP contribution is -2.00. The number of nitrogen functional groups attached to an aromatic ring is 1. The van der Waals surface area contributed by atoms with Gasteiger partial charge in [0.15, 0.2) is 0 Å². The van der Waals surface area contributed by atoms with Gasteiger partial charge in [-0.2, -0.15) is 4.98 Å². The van der Waals surface area contributed by atoms with E-state index in [9.17, 15) is 0 Å². The van der Waals surface area contributed by atoms with Gasteiger partial charge in [0.2, 0.25) is 5.95 Å². The Morgan fingerprint density at radius 1 is 1.29 bits per heavy atom.